The number of rotatable bonds is 5. The molecule has 1 aliphatic carbocycles. The number of halogens is 3. The van der Waals surface area contributed by atoms with Crippen LogP contribution >= 0.6 is 11.6 Å². The monoisotopic (exact) mass is 317 g/mol. The second-order valence-corrected chi connectivity index (χ2v) is 5.10. The van der Waals surface area contributed by atoms with Crippen LogP contribution in [0.15, 0.2) is 30.4 Å². The Morgan fingerprint density at radius 2 is 2.24 bits per heavy atom. The normalized spacial score (nSPS) is 20.8. The number of ether oxygens (including phenoxy) is 1. The van der Waals surface area contributed by atoms with Gasteiger partial charge in [0.2, 0.25) is 0 Å². The molecule has 0 saturated heterocycles. The fourth-order valence-corrected chi connectivity index (χ4v) is 2.31. The zero-order chi connectivity index (χ0) is 15.4. The van der Waals surface area contributed by atoms with Gasteiger partial charge in [0.15, 0.2) is 0 Å². The summed E-state index contributed by atoms with van der Waals surface area (Å²) < 4.78 is 29.0. The van der Waals surface area contributed by atoms with Gasteiger partial charge < -0.3 is 15.2 Å². The highest BCUT2D eigenvalue weighted by atomic mass is 35.5. The first kappa shape index (κ1) is 15.7. The van der Waals surface area contributed by atoms with E-state index in [1.807, 2.05) is 0 Å². The fraction of sp³-hybridized carbons (Fsp3) is 0.357. The maximum atomic E-state index is 12.3. The smallest absolute Gasteiger partial charge is 0.387 e. The minimum atomic E-state index is -3.03. The number of benzene rings is 1. The topological polar surface area (TPSA) is 58.6 Å². The highest BCUT2D eigenvalue weighted by molar-refractivity contribution is 6.31. The average molecular weight is 318 g/mol. The van der Waals surface area contributed by atoms with Gasteiger partial charge in [-0.1, -0.05) is 23.8 Å². The molecule has 0 heterocycles. The lowest BCUT2D eigenvalue weighted by molar-refractivity contribution is -0.0501. The van der Waals surface area contributed by atoms with Crippen molar-refractivity contribution in [3.05, 3.63) is 40.9 Å². The number of aliphatic hydroxyl groups is 1. The number of alkyl halides is 2. The first-order valence-electron chi connectivity index (χ1n) is 6.34. The van der Waals surface area contributed by atoms with Crippen molar-refractivity contribution < 1.29 is 23.4 Å². The van der Waals surface area contributed by atoms with Gasteiger partial charge in [0.05, 0.1) is 5.56 Å². The van der Waals surface area contributed by atoms with Crippen LogP contribution in [0.1, 0.15) is 16.8 Å². The standard InChI is InChI=1S/C14H14ClF2NO3/c15-9-2-4-12(21-14(16)17)11(6-9)13(20)18-10-3-1-8(5-10)7-19/h1-4,6,8,10,14,19H,5,7H2,(H,18,20)/t8-,10+/m0/s1. The molecule has 1 aromatic rings. The quantitative estimate of drug-likeness (QED) is 0.821. The summed E-state index contributed by atoms with van der Waals surface area (Å²) in [6.07, 6.45) is 4.13. The summed E-state index contributed by atoms with van der Waals surface area (Å²) in [5.41, 5.74) is -0.0522. The lowest BCUT2D eigenvalue weighted by atomic mass is 10.1. The SMILES string of the molecule is O=C(N[C@@H]1C=C[C@H](CO)C1)c1cc(Cl)ccc1OC(F)F. The first-order valence-corrected chi connectivity index (χ1v) is 6.72. The summed E-state index contributed by atoms with van der Waals surface area (Å²) >= 11 is 5.79. The van der Waals surface area contributed by atoms with Crippen molar-refractivity contribution in [3.8, 4) is 5.75 Å². The molecule has 0 fully saturated rings. The van der Waals surface area contributed by atoms with Gasteiger partial charge >= 0.3 is 6.61 Å². The molecule has 0 aliphatic heterocycles. The van der Waals surface area contributed by atoms with Gasteiger partial charge in [-0.25, -0.2) is 0 Å². The predicted molar refractivity (Wildman–Crippen MR) is 73.7 cm³/mol. The van der Waals surface area contributed by atoms with E-state index in [2.05, 4.69) is 10.1 Å². The van der Waals surface area contributed by atoms with E-state index in [9.17, 15) is 13.6 Å². The summed E-state index contributed by atoms with van der Waals surface area (Å²) in [6.45, 7) is -3.03. The molecule has 4 nitrogen and oxygen atoms in total. The van der Waals surface area contributed by atoms with Gasteiger partial charge in [-0.2, -0.15) is 8.78 Å². The van der Waals surface area contributed by atoms with Gasteiger partial charge in [-0.15, -0.1) is 0 Å². The molecule has 114 valence electrons. The third-order valence-corrected chi connectivity index (χ3v) is 3.36. The second kappa shape index (κ2) is 6.87. The van der Waals surface area contributed by atoms with E-state index in [0.29, 0.717) is 6.42 Å². The minimum absolute atomic E-state index is 0.000219. The Labute approximate surface area is 125 Å². The molecule has 0 saturated carbocycles. The molecule has 0 aromatic heterocycles. The molecule has 2 atom stereocenters. The highest BCUT2D eigenvalue weighted by Gasteiger charge is 2.22. The minimum Gasteiger partial charge on any atom is -0.434 e. The van der Waals surface area contributed by atoms with E-state index < -0.39 is 12.5 Å². The molecule has 1 amide bonds. The molecular formula is C14H14ClF2NO3. The average Bonchev–Trinajstić information content (AvgIpc) is 2.88. The van der Waals surface area contributed by atoms with Crippen LogP contribution in [0, 0.1) is 5.92 Å². The van der Waals surface area contributed by atoms with Crippen LogP contribution in [-0.4, -0.2) is 30.3 Å². The molecule has 0 bridgehead atoms. The lowest BCUT2D eigenvalue weighted by Crippen LogP contribution is -2.33. The van der Waals surface area contributed by atoms with Crippen LogP contribution in [0.2, 0.25) is 5.02 Å². The van der Waals surface area contributed by atoms with Gasteiger partial charge in [-0.05, 0) is 24.6 Å². The maximum absolute atomic E-state index is 12.3. The Kier molecular flexibility index (Phi) is 5.14. The van der Waals surface area contributed by atoms with E-state index in [1.165, 1.54) is 18.2 Å². The van der Waals surface area contributed by atoms with Crippen molar-refractivity contribution in [1.29, 1.82) is 0 Å². The molecule has 2 N–H and O–H groups in total. The summed E-state index contributed by atoms with van der Waals surface area (Å²) in [5.74, 6) is -0.791. The number of aliphatic hydroxyl groups excluding tert-OH is 1. The van der Waals surface area contributed by atoms with Crippen LogP contribution in [0.4, 0.5) is 8.78 Å². The number of amides is 1. The molecule has 21 heavy (non-hydrogen) atoms. The summed E-state index contributed by atoms with van der Waals surface area (Å²) in [7, 11) is 0. The van der Waals surface area contributed by atoms with Crippen LogP contribution in [-0.2, 0) is 0 Å². The van der Waals surface area contributed by atoms with Crippen molar-refractivity contribution in [2.24, 2.45) is 5.92 Å². The van der Waals surface area contributed by atoms with E-state index in [0.717, 1.165) is 0 Å². The van der Waals surface area contributed by atoms with Gasteiger partial charge in [-0.3, -0.25) is 4.79 Å². The molecule has 2 rings (SSSR count). The molecule has 0 spiro atoms. The van der Waals surface area contributed by atoms with E-state index in [1.54, 1.807) is 12.2 Å². The number of carbonyl (C=O) groups is 1. The number of hydrogen-bond acceptors (Lipinski definition) is 3. The molecule has 1 aromatic carbocycles. The summed E-state index contributed by atoms with van der Waals surface area (Å²) in [6, 6.07) is 3.61. The van der Waals surface area contributed by atoms with Crippen LogP contribution in [0.5, 0.6) is 5.75 Å². The van der Waals surface area contributed by atoms with Crippen molar-refractivity contribution in [3.63, 3.8) is 0 Å². The van der Waals surface area contributed by atoms with Crippen LogP contribution in [0.25, 0.3) is 0 Å². The van der Waals surface area contributed by atoms with Crippen molar-refractivity contribution in [1.82, 2.24) is 5.32 Å². The maximum Gasteiger partial charge on any atom is 0.387 e. The third kappa shape index (κ3) is 4.15. The van der Waals surface area contributed by atoms with Crippen LogP contribution in [0.3, 0.4) is 0 Å². The first-order chi connectivity index (χ1) is 9.99. The Morgan fingerprint density at radius 1 is 1.48 bits per heavy atom. The van der Waals surface area contributed by atoms with Crippen molar-refractivity contribution in [2.45, 2.75) is 19.1 Å². The fourth-order valence-electron chi connectivity index (χ4n) is 2.14. The van der Waals surface area contributed by atoms with E-state index >= 15 is 0 Å². The summed E-state index contributed by atoms with van der Waals surface area (Å²) in [5, 5.41) is 12.0. The van der Waals surface area contributed by atoms with Gasteiger partial charge in [0, 0.05) is 23.6 Å². The molecule has 0 radical (unpaired) electrons. The van der Waals surface area contributed by atoms with Crippen molar-refractivity contribution in [2.75, 3.05) is 6.61 Å². The Balaban J connectivity index is 2.11. The second-order valence-electron chi connectivity index (χ2n) is 4.66. The Bertz CT molecular complexity index is 551. The largest absolute Gasteiger partial charge is 0.434 e. The van der Waals surface area contributed by atoms with E-state index in [4.69, 9.17) is 16.7 Å². The molecular weight excluding hydrogens is 304 g/mol. The zero-order valence-electron chi connectivity index (χ0n) is 10.9. The highest BCUT2D eigenvalue weighted by Crippen LogP contribution is 2.25. The van der Waals surface area contributed by atoms with Gasteiger partial charge in [0.1, 0.15) is 5.75 Å². The molecule has 1 aliphatic rings. The number of hydrogen-bond donors (Lipinski definition) is 2. The predicted octanol–water partition coefficient (Wildman–Crippen LogP) is 2.61. The zero-order valence-corrected chi connectivity index (χ0v) is 11.7. The van der Waals surface area contributed by atoms with Gasteiger partial charge in [0.25, 0.3) is 5.91 Å². The molecule has 7 heteroatoms. The Hall–Kier alpha value is -1.66. The van der Waals surface area contributed by atoms with E-state index in [-0.39, 0.29) is 34.9 Å². The number of carbonyl (C=O) groups excluding carboxylic acids is 1. The summed E-state index contributed by atoms with van der Waals surface area (Å²) in [4.78, 5) is 12.2. The third-order valence-electron chi connectivity index (χ3n) is 3.13. The van der Waals surface area contributed by atoms with Crippen molar-refractivity contribution >= 4 is 17.5 Å². The van der Waals surface area contributed by atoms with Crippen LogP contribution < -0.4 is 10.1 Å². The molecule has 0 unspecified atom stereocenters. The lowest BCUT2D eigenvalue weighted by Gasteiger charge is -2.15. The Morgan fingerprint density at radius 3 is 2.86 bits per heavy atom. The number of nitrogens with one attached hydrogen (secondary N) is 1.